The van der Waals surface area contributed by atoms with Gasteiger partial charge < -0.3 is 15.1 Å². The fourth-order valence-electron chi connectivity index (χ4n) is 3.18. The summed E-state index contributed by atoms with van der Waals surface area (Å²) >= 11 is 0. The Morgan fingerprint density at radius 3 is 2.48 bits per heavy atom. The number of nitrogens with zero attached hydrogens (tertiary/aromatic N) is 3. The molecule has 0 bridgehead atoms. The zero-order chi connectivity index (χ0) is 21.2. The van der Waals surface area contributed by atoms with E-state index in [4.69, 9.17) is 0 Å². The Labute approximate surface area is 165 Å². The van der Waals surface area contributed by atoms with E-state index < -0.39 is 17.6 Å². The maximum Gasteiger partial charge on any atom is 0.416 e. The van der Waals surface area contributed by atoms with E-state index in [0.29, 0.717) is 25.3 Å². The summed E-state index contributed by atoms with van der Waals surface area (Å²) in [5.74, 6) is -0.168. The first-order chi connectivity index (χ1) is 13.7. The fourth-order valence-corrected chi connectivity index (χ4v) is 3.18. The van der Waals surface area contributed by atoms with Crippen molar-refractivity contribution in [2.24, 2.45) is 0 Å². The van der Waals surface area contributed by atoms with Crippen LogP contribution < -0.4 is 10.2 Å². The van der Waals surface area contributed by atoms with Crippen LogP contribution in [-0.4, -0.2) is 47.8 Å². The number of carbonyl (C=O) groups excluding carboxylic acids is 1. The van der Waals surface area contributed by atoms with Gasteiger partial charge in [0.2, 0.25) is 0 Å². The minimum Gasteiger partial charge on any atom is -0.350 e. The molecule has 1 aliphatic rings. The average Bonchev–Trinajstić information content (AvgIpc) is 2.67. The lowest BCUT2D eigenvalue weighted by atomic mass is 10.1. The van der Waals surface area contributed by atoms with Gasteiger partial charge in [-0.25, -0.2) is 14.2 Å². The third kappa shape index (κ3) is 4.67. The van der Waals surface area contributed by atoms with Gasteiger partial charge in [-0.3, -0.25) is 0 Å². The number of rotatable bonds is 3. The van der Waals surface area contributed by atoms with Gasteiger partial charge in [0.15, 0.2) is 11.6 Å². The molecule has 3 rings (SSSR count). The molecule has 0 radical (unpaired) electrons. The van der Waals surface area contributed by atoms with E-state index in [1.807, 2.05) is 6.92 Å². The summed E-state index contributed by atoms with van der Waals surface area (Å²) in [6.45, 7) is 6.06. The molecular weight excluding hydrogens is 388 g/mol. The zero-order valence-electron chi connectivity index (χ0n) is 15.7. The molecule has 154 valence electrons. The second-order valence-electron chi connectivity index (χ2n) is 6.78. The minimum absolute atomic E-state index is 0.0603. The molecule has 0 aliphatic carbocycles. The van der Waals surface area contributed by atoms with Gasteiger partial charge in [-0.15, -0.1) is 0 Å². The lowest BCUT2D eigenvalue weighted by Gasteiger charge is -2.40. The highest BCUT2D eigenvalue weighted by Crippen LogP contribution is 2.32. The number of amides is 2. The molecule has 2 aromatic rings. The predicted molar refractivity (Wildman–Crippen MR) is 103 cm³/mol. The van der Waals surface area contributed by atoms with Gasteiger partial charge >= 0.3 is 12.2 Å². The number of piperazine rings is 1. The van der Waals surface area contributed by atoms with E-state index in [2.05, 4.69) is 16.9 Å². The van der Waals surface area contributed by atoms with E-state index >= 15 is 0 Å². The molecule has 0 saturated carbocycles. The highest BCUT2D eigenvalue weighted by molar-refractivity contribution is 5.90. The molecule has 1 aliphatic heterocycles. The summed E-state index contributed by atoms with van der Waals surface area (Å²) in [5, 5.41) is 2.68. The number of hydrogen-bond acceptors (Lipinski definition) is 3. The molecule has 29 heavy (non-hydrogen) atoms. The van der Waals surface area contributed by atoms with Crippen LogP contribution in [0.3, 0.4) is 0 Å². The molecule has 9 heteroatoms. The number of hydrogen-bond donors (Lipinski definition) is 1. The van der Waals surface area contributed by atoms with Crippen molar-refractivity contribution in [2.45, 2.75) is 19.1 Å². The molecule has 1 aromatic carbocycles. The molecule has 2 heterocycles. The van der Waals surface area contributed by atoms with Gasteiger partial charge in [0, 0.05) is 37.6 Å². The van der Waals surface area contributed by atoms with Crippen molar-refractivity contribution in [3.63, 3.8) is 0 Å². The maximum absolute atomic E-state index is 13.9. The molecule has 1 aromatic heterocycles. The fraction of sp³-hybridized carbons (Fsp3) is 0.300. The van der Waals surface area contributed by atoms with Gasteiger partial charge in [-0.2, -0.15) is 13.2 Å². The highest BCUT2D eigenvalue weighted by atomic mass is 19.4. The number of nitrogens with one attached hydrogen (secondary N) is 1. The van der Waals surface area contributed by atoms with Crippen molar-refractivity contribution in [3.8, 4) is 0 Å². The van der Waals surface area contributed by atoms with E-state index in [9.17, 15) is 22.4 Å². The summed E-state index contributed by atoms with van der Waals surface area (Å²) < 4.78 is 52.0. The first-order valence-corrected chi connectivity index (χ1v) is 8.96. The number of carbonyl (C=O) groups is 1. The molecule has 1 unspecified atom stereocenters. The van der Waals surface area contributed by atoms with Crippen LogP contribution in [0.25, 0.3) is 5.57 Å². The van der Waals surface area contributed by atoms with Crippen molar-refractivity contribution in [1.29, 1.82) is 0 Å². The summed E-state index contributed by atoms with van der Waals surface area (Å²) in [7, 11) is 0. The number of benzene rings is 1. The first kappa shape index (κ1) is 20.6. The van der Waals surface area contributed by atoms with Gasteiger partial charge in [-0.05, 0) is 36.8 Å². The second kappa shape index (κ2) is 8.10. The second-order valence-corrected chi connectivity index (χ2v) is 6.78. The number of pyridine rings is 1. The minimum atomic E-state index is -4.51. The molecule has 1 N–H and O–H groups in total. The third-order valence-corrected chi connectivity index (χ3v) is 4.75. The largest absolute Gasteiger partial charge is 0.416 e. The predicted octanol–water partition coefficient (Wildman–Crippen LogP) is 4.54. The van der Waals surface area contributed by atoms with Gasteiger partial charge in [0.05, 0.1) is 5.57 Å². The molecule has 5 nitrogen and oxygen atoms in total. The summed E-state index contributed by atoms with van der Waals surface area (Å²) in [4.78, 5) is 20.0. The van der Waals surface area contributed by atoms with E-state index in [-0.39, 0.29) is 23.5 Å². The normalized spacial score (nSPS) is 17.2. The zero-order valence-corrected chi connectivity index (χ0v) is 15.7. The van der Waals surface area contributed by atoms with Crippen LogP contribution in [0.4, 0.5) is 33.9 Å². The summed E-state index contributed by atoms with van der Waals surface area (Å²) in [6, 6.07) is 7.58. The van der Waals surface area contributed by atoms with E-state index in [1.54, 1.807) is 9.80 Å². The number of aromatic nitrogens is 1. The molecule has 1 saturated heterocycles. The molecule has 1 fully saturated rings. The first-order valence-electron chi connectivity index (χ1n) is 8.96. The van der Waals surface area contributed by atoms with Crippen molar-refractivity contribution in [1.82, 2.24) is 9.88 Å². The van der Waals surface area contributed by atoms with Crippen LogP contribution in [0.2, 0.25) is 0 Å². The molecule has 1 atom stereocenters. The van der Waals surface area contributed by atoms with Crippen LogP contribution in [-0.2, 0) is 0 Å². The molecular formula is C20H20F4N4O. The molecule has 0 spiro atoms. The lowest BCUT2D eigenvalue weighted by molar-refractivity contribution is -0.0686. The van der Waals surface area contributed by atoms with E-state index in [0.717, 1.165) is 0 Å². The van der Waals surface area contributed by atoms with Crippen LogP contribution in [0.1, 0.15) is 12.5 Å². The quantitative estimate of drug-likeness (QED) is 0.759. The SMILES string of the molecule is C=C(c1ccc(NC(=O)N2CCN(c3ncccc3F)CC2C)cc1)C(F)(F)F. The van der Waals surface area contributed by atoms with Gasteiger partial charge in [-0.1, -0.05) is 18.7 Å². The van der Waals surface area contributed by atoms with Crippen molar-refractivity contribution < 1.29 is 22.4 Å². The van der Waals surface area contributed by atoms with Crippen LogP contribution >= 0.6 is 0 Å². The summed E-state index contributed by atoms with van der Waals surface area (Å²) in [5.41, 5.74) is -0.629. The van der Waals surface area contributed by atoms with E-state index in [1.165, 1.54) is 42.6 Å². The van der Waals surface area contributed by atoms with Crippen LogP contribution in [0, 0.1) is 5.82 Å². The maximum atomic E-state index is 13.9. The third-order valence-electron chi connectivity index (χ3n) is 4.75. The highest BCUT2D eigenvalue weighted by Gasteiger charge is 2.33. The smallest absolute Gasteiger partial charge is 0.350 e. The number of urea groups is 1. The number of anilines is 2. The Kier molecular flexibility index (Phi) is 5.76. The Bertz CT molecular complexity index is 898. The Morgan fingerprint density at radius 2 is 1.90 bits per heavy atom. The van der Waals surface area contributed by atoms with Gasteiger partial charge in [0.1, 0.15) is 0 Å². The van der Waals surface area contributed by atoms with Crippen molar-refractivity contribution >= 4 is 23.1 Å². The monoisotopic (exact) mass is 408 g/mol. The lowest BCUT2D eigenvalue weighted by Crippen LogP contribution is -2.55. The van der Waals surface area contributed by atoms with Crippen molar-refractivity contribution in [2.75, 3.05) is 29.9 Å². The van der Waals surface area contributed by atoms with Crippen molar-refractivity contribution in [3.05, 3.63) is 60.6 Å². The van der Waals surface area contributed by atoms with Gasteiger partial charge in [0.25, 0.3) is 0 Å². The standard InChI is InChI=1S/C20H20F4N4O/c1-13-12-27(18-17(21)4-3-9-25-18)10-11-28(13)19(29)26-16-7-5-15(6-8-16)14(2)20(22,23)24/h3-9,13H,2,10-12H2,1H3,(H,26,29). The average molecular weight is 408 g/mol. The number of allylic oxidation sites excluding steroid dienone is 1. The van der Waals surface area contributed by atoms with Crippen LogP contribution in [0.5, 0.6) is 0 Å². The number of alkyl halides is 3. The molecule has 2 amide bonds. The Morgan fingerprint density at radius 1 is 1.21 bits per heavy atom. The van der Waals surface area contributed by atoms with Crippen LogP contribution in [0.15, 0.2) is 49.2 Å². The Balaban J connectivity index is 1.62. The Hall–Kier alpha value is -3.10. The summed E-state index contributed by atoms with van der Waals surface area (Å²) in [6.07, 6.45) is -2.99. The topological polar surface area (TPSA) is 48.5 Å². The number of halogens is 4.